The fourth-order valence-corrected chi connectivity index (χ4v) is 4.12. The molecule has 130 valence electrons. The number of likely N-dealkylation sites (tertiary alicyclic amines) is 1. The van der Waals surface area contributed by atoms with Crippen LogP contribution >= 0.6 is 0 Å². The lowest BCUT2D eigenvalue weighted by molar-refractivity contribution is -0.122. The van der Waals surface area contributed by atoms with Crippen molar-refractivity contribution in [2.24, 2.45) is 0 Å². The molecule has 0 bridgehead atoms. The molecule has 2 aliphatic heterocycles. The van der Waals surface area contributed by atoms with E-state index in [-0.39, 0.29) is 23.4 Å². The Morgan fingerprint density at radius 2 is 2.08 bits per heavy atom. The standard InChI is InChI=1S/C19H26N2O3/c1-19-12-5-6-13-21(16(19)10-7-11-17(22)20-19)18(23)14-8-3-4-9-15(14)24-2/h3-4,8-9,16H,5-7,10-13H2,1-2H3,(H,20,22)/t16-,19-/m0/s1. The summed E-state index contributed by atoms with van der Waals surface area (Å²) < 4.78 is 5.37. The van der Waals surface area contributed by atoms with Gasteiger partial charge in [-0.25, -0.2) is 0 Å². The Morgan fingerprint density at radius 3 is 2.88 bits per heavy atom. The number of nitrogens with one attached hydrogen (secondary N) is 1. The Kier molecular flexibility index (Phi) is 4.78. The minimum Gasteiger partial charge on any atom is -0.496 e. The third kappa shape index (κ3) is 3.12. The summed E-state index contributed by atoms with van der Waals surface area (Å²) in [6.45, 7) is 2.82. The largest absolute Gasteiger partial charge is 0.496 e. The van der Waals surface area contributed by atoms with E-state index in [0.717, 1.165) is 38.6 Å². The summed E-state index contributed by atoms with van der Waals surface area (Å²) in [6, 6.07) is 7.40. The fraction of sp³-hybridized carbons (Fsp3) is 0.579. The van der Waals surface area contributed by atoms with E-state index >= 15 is 0 Å². The lowest BCUT2D eigenvalue weighted by atomic mass is 9.85. The number of nitrogens with zero attached hydrogens (tertiary/aromatic N) is 1. The van der Waals surface area contributed by atoms with E-state index in [2.05, 4.69) is 12.2 Å². The Labute approximate surface area is 143 Å². The van der Waals surface area contributed by atoms with Crippen LogP contribution in [0, 0.1) is 0 Å². The molecular weight excluding hydrogens is 304 g/mol. The van der Waals surface area contributed by atoms with Crippen LogP contribution in [0.15, 0.2) is 24.3 Å². The van der Waals surface area contributed by atoms with Gasteiger partial charge in [0.1, 0.15) is 5.75 Å². The molecule has 0 aromatic heterocycles. The zero-order chi connectivity index (χ0) is 17.2. The van der Waals surface area contributed by atoms with Crippen molar-refractivity contribution < 1.29 is 14.3 Å². The van der Waals surface area contributed by atoms with Crippen molar-refractivity contribution in [2.75, 3.05) is 13.7 Å². The third-order valence-corrected chi connectivity index (χ3v) is 5.36. The summed E-state index contributed by atoms with van der Waals surface area (Å²) in [4.78, 5) is 27.3. The SMILES string of the molecule is COc1ccccc1C(=O)N1CCCC[C@]2(C)NC(=O)CCC[C@H]12. The molecule has 2 fully saturated rings. The second-order valence-electron chi connectivity index (χ2n) is 7.03. The van der Waals surface area contributed by atoms with Gasteiger partial charge in [0.25, 0.3) is 5.91 Å². The van der Waals surface area contributed by atoms with Crippen LogP contribution < -0.4 is 10.1 Å². The van der Waals surface area contributed by atoms with Gasteiger partial charge in [-0.05, 0) is 51.2 Å². The van der Waals surface area contributed by atoms with Crippen molar-refractivity contribution in [3.05, 3.63) is 29.8 Å². The predicted molar refractivity (Wildman–Crippen MR) is 92.1 cm³/mol. The molecule has 1 aromatic carbocycles. The van der Waals surface area contributed by atoms with Crippen LogP contribution in [0.5, 0.6) is 5.75 Å². The van der Waals surface area contributed by atoms with E-state index in [9.17, 15) is 9.59 Å². The second kappa shape index (κ2) is 6.83. The van der Waals surface area contributed by atoms with Gasteiger partial charge in [-0.1, -0.05) is 12.1 Å². The molecule has 0 unspecified atom stereocenters. The number of hydrogen-bond acceptors (Lipinski definition) is 3. The molecule has 0 spiro atoms. The summed E-state index contributed by atoms with van der Waals surface area (Å²) in [5, 5.41) is 3.20. The number of hydrogen-bond donors (Lipinski definition) is 1. The van der Waals surface area contributed by atoms with Crippen molar-refractivity contribution in [2.45, 2.75) is 57.0 Å². The molecule has 2 saturated heterocycles. The molecule has 0 aliphatic carbocycles. The lowest BCUT2D eigenvalue weighted by Gasteiger charge is -2.41. The van der Waals surface area contributed by atoms with Crippen molar-refractivity contribution in [3.63, 3.8) is 0 Å². The van der Waals surface area contributed by atoms with Crippen LogP contribution in [0.25, 0.3) is 0 Å². The molecule has 5 nitrogen and oxygen atoms in total. The highest BCUT2D eigenvalue weighted by molar-refractivity contribution is 5.97. The van der Waals surface area contributed by atoms with Crippen molar-refractivity contribution in [3.8, 4) is 5.75 Å². The smallest absolute Gasteiger partial charge is 0.257 e. The average molecular weight is 330 g/mol. The molecule has 2 aliphatic rings. The van der Waals surface area contributed by atoms with Crippen LogP contribution in [-0.2, 0) is 4.79 Å². The number of ether oxygens (including phenoxy) is 1. The Hall–Kier alpha value is -2.04. The topological polar surface area (TPSA) is 58.6 Å². The number of carbonyl (C=O) groups excluding carboxylic acids is 2. The van der Waals surface area contributed by atoms with E-state index < -0.39 is 0 Å². The summed E-state index contributed by atoms with van der Waals surface area (Å²) in [7, 11) is 1.59. The molecule has 1 N–H and O–H groups in total. The maximum Gasteiger partial charge on any atom is 0.257 e. The van der Waals surface area contributed by atoms with Gasteiger partial charge >= 0.3 is 0 Å². The molecule has 5 heteroatoms. The Balaban J connectivity index is 1.95. The molecule has 2 atom stereocenters. The molecule has 1 aromatic rings. The van der Waals surface area contributed by atoms with Gasteiger partial charge < -0.3 is 15.0 Å². The fourth-order valence-electron chi connectivity index (χ4n) is 4.12. The zero-order valence-corrected chi connectivity index (χ0v) is 14.5. The quantitative estimate of drug-likeness (QED) is 0.907. The van der Waals surface area contributed by atoms with Gasteiger partial charge in [-0.15, -0.1) is 0 Å². The highest BCUT2D eigenvalue weighted by atomic mass is 16.5. The number of methoxy groups -OCH3 is 1. The van der Waals surface area contributed by atoms with Crippen LogP contribution in [0.3, 0.4) is 0 Å². The number of fused-ring (bicyclic) bond motifs is 1. The molecule has 0 radical (unpaired) electrons. The lowest BCUT2D eigenvalue weighted by Crippen LogP contribution is -2.59. The zero-order valence-electron chi connectivity index (χ0n) is 14.5. The molecule has 2 heterocycles. The van der Waals surface area contributed by atoms with Gasteiger partial charge in [0.05, 0.1) is 24.3 Å². The van der Waals surface area contributed by atoms with Gasteiger partial charge in [-0.3, -0.25) is 9.59 Å². The van der Waals surface area contributed by atoms with Gasteiger partial charge in [0, 0.05) is 13.0 Å². The number of amides is 2. The first-order valence-electron chi connectivity index (χ1n) is 8.80. The third-order valence-electron chi connectivity index (χ3n) is 5.36. The van der Waals surface area contributed by atoms with Gasteiger partial charge in [0.15, 0.2) is 0 Å². The second-order valence-corrected chi connectivity index (χ2v) is 7.03. The minimum atomic E-state index is -0.345. The summed E-state index contributed by atoms with van der Waals surface area (Å²) in [5.41, 5.74) is 0.252. The van der Waals surface area contributed by atoms with Crippen LogP contribution in [0.2, 0.25) is 0 Å². The minimum absolute atomic E-state index is 0.00160. The molecule has 2 amide bonds. The number of carbonyl (C=O) groups is 2. The predicted octanol–water partition coefficient (Wildman–Crippen LogP) is 2.75. The number of benzene rings is 1. The Morgan fingerprint density at radius 1 is 1.29 bits per heavy atom. The summed E-state index contributed by atoms with van der Waals surface area (Å²) in [6.07, 6.45) is 5.12. The van der Waals surface area contributed by atoms with Gasteiger partial charge in [-0.2, -0.15) is 0 Å². The maximum atomic E-state index is 13.3. The van der Waals surface area contributed by atoms with Crippen LogP contribution in [0.1, 0.15) is 55.8 Å². The molecule has 3 rings (SSSR count). The maximum absolute atomic E-state index is 13.3. The highest BCUT2D eigenvalue weighted by Crippen LogP contribution is 2.34. The first kappa shape index (κ1) is 16.8. The highest BCUT2D eigenvalue weighted by Gasteiger charge is 2.44. The normalized spacial score (nSPS) is 27.5. The summed E-state index contributed by atoms with van der Waals surface area (Å²) in [5.74, 6) is 0.708. The molecule has 0 saturated carbocycles. The molecular formula is C19H26N2O3. The van der Waals surface area contributed by atoms with E-state index in [1.807, 2.05) is 29.2 Å². The summed E-state index contributed by atoms with van der Waals surface area (Å²) >= 11 is 0. The first-order valence-corrected chi connectivity index (χ1v) is 8.80. The van der Waals surface area contributed by atoms with Crippen molar-refractivity contribution in [1.29, 1.82) is 0 Å². The van der Waals surface area contributed by atoms with Crippen LogP contribution in [-0.4, -0.2) is 41.9 Å². The van der Waals surface area contributed by atoms with E-state index in [0.29, 0.717) is 17.7 Å². The Bertz CT molecular complexity index is 631. The van der Waals surface area contributed by atoms with E-state index in [1.54, 1.807) is 7.11 Å². The average Bonchev–Trinajstić information content (AvgIpc) is 2.82. The van der Waals surface area contributed by atoms with Crippen molar-refractivity contribution in [1.82, 2.24) is 10.2 Å². The monoisotopic (exact) mass is 330 g/mol. The van der Waals surface area contributed by atoms with Crippen LogP contribution in [0.4, 0.5) is 0 Å². The van der Waals surface area contributed by atoms with E-state index in [4.69, 9.17) is 4.74 Å². The molecule has 24 heavy (non-hydrogen) atoms. The van der Waals surface area contributed by atoms with E-state index in [1.165, 1.54) is 0 Å². The number of para-hydroxylation sites is 1. The van der Waals surface area contributed by atoms with Crippen molar-refractivity contribution >= 4 is 11.8 Å². The number of rotatable bonds is 2. The first-order chi connectivity index (χ1) is 11.5. The van der Waals surface area contributed by atoms with Gasteiger partial charge in [0.2, 0.25) is 5.91 Å².